The van der Waals surface area contributed by atoms with Gasteiger partial charge in [-0.15, -0.1) is 0 Å². The zero-order chi connectivity index (χ0) is 30.1. The number of aromatic carboxylic acids is 1. The van der Waals surface area contributed by atoms with E-state index in [1.165, 1.54) is 35.0 Å². The van der Waals surface area contributed by atoms with Crippen LogP contribution in [-0.4, -0.2) is 47.9 Å². The molecule has 1 aliphatic heterocycles. The molecule has 4 heterocycles. The van der Waals surface area contributed by atoms with Crippen molar-refractivity contribution in [1.82, 2.24) is 24.1 Å². The van der Waals surface area contributed by atoms with Crippen LogP contribution in [0, 0.1) is 23.0 Å². The smallest absolute Gasteiger partial charge is 0.335 e. The highest BCUT2D eigenvalue weighted by molar-refractivity contribution is 5.92. The van der Waals surface area contributed by atoms with E-state index in [0.29, 0.717) is 35.6 Å². The minimum atomic E-state index is -1.05. The number of ether oxygens (including phenoxy) is 2. The lowest BCUT2D eigenvalue weighted by Gasteiger charge is -2.27. The van der Waals surface area contributed by atoms with Gasteiger partial charge in [-0.3, -0.25) is 4.79 Å². The monoisotopic (exact) mass is 584 g/mol. The van der Waals surface area contributed by atoms with E-state index in [4.69, 9.17) is 14.7 Å². The summed E-state index contributed by atoms with van der Waals surface area (Å²) in [5.41, 5.74) is 1.50. The van der Waals surface area contributed by atoms with Crippen LogP contribution in [0.1, 0.15) is 33.7 Å². The third kappa shape index (κ3) is 5.68. The molecule has 1 fully saturated rings. The van der Waals surface area contributed by atoms with E-state index in [1.807, 2.05) is 10.6 Å². The van der Waals surface area contributed by atoms with Gasteiger partial charge in [-0.05, 0) is 42.8 Å². The van der Waals surface area contributed by atoms with Crippen molar-refractivity contribution in [1.29, 1.82) is 5.26 Å². The Kier molecular flexibility index (Phi) is 7.35. The Balaban J connectivity index is 1.25. The average Bonchev–Trinajstić information content (AvgIpc) is 3.31. The standard InChI is InChI=1S/C30H22F2N6O5/c31-22-9-17(12-33)1-2-20(22)16-43-29-23(32)13-34-28(36-29)18-5-7-37(27(39)11-18)15-26-35-24-4-3-19(30(40)41)10-25(24)38(26)14-21-6-8-42-21/h1-5,7,9-11,13,21H,6,8,14-16H2,(H,40,41)/t21-/m0/s1. The lowest BCUT2D eigenvalue weighted by atomic mass is 10.1. The van der Waals surface area contributed by atoms with E-state index in [-0.39, 0.29) is 41.8 Å². The van der Waals surface area contributed by atoms with Crippen LogP contribution in [0.4, 0.5) is 8.78 Å². The molecular weight excluding hydrogens is 562 g/mol. The Morgan fingerprint density at radius 1 is 1.14 bits per heavy atom. The summed E-state index contributed by atoms with van der Waals surface area (Å²) < 4.78 is 42.9. The van der Waals surface area contributed by atoms with Crippen molar-refractivity contribution in [3.8, 4) is 23.3 Å². The summed E-state index contributed by atoms with van der Waals surface area (Å²) in [5.74, 6) is -2.45. The lowest BCUT2D eigenvalue weighted by Crippen LogP contribution is -2.32. The zero-order valence-electron chi connectivity index (χ0n) is 22.4. The Bertz CT molecular complexity index is 1980. The fourth-order valence-electron chi connectivity index (χ4n) is 4.66. The predicted molar refractivity (Wildman–Crippen MR) is 147 cm³/mol. The molecule has 43 heavy (non-hydrogen) atoms. The Morgan fingerprint density at radius 3 is 2.67 bits per heavy atom. The van der Waals surface area contributed by atoms with Gasteiger partial charge in [-0.2, -0.15) is 14.6 Å². The number of aromatic nitrogens is 5. The first kappa shape index (κ1) is 27.7. The SMILES string of the molecule is N#Cc1ccc(COc2nc(-c3ccn(Cc4nc5ccc(C(=O)O)cc5n4C[C@@H]4CCO4)c(=O)c3)ncc2F)c(F)c1. The summed E-state index contributed by atoms with van der Waals surface area (Å²) in [6, 6.07) is 13.2. The number of imidazole rings is 1. The summed E-state index contributed by atoms with van der Waals surface area (Å²) in [6.07, 6.45) is 3.25. The van der Waals surface area contributed by atoms with Crippen LogP contribution in [0.5, 0.6) is 5.88 Å². The summed E-state index contributed by atoms with van der Waals surface area (Å²) >= 11 is 0. The highest BCUT2D eigenvalue weighted by Gasteiger charge is 2.23. The number of carboxylic acids is 1. The highest BCUT2D eigenvalue weighted by Crippen LogP contribution is 2.24. The number of benzene rings is 2. The van der Waals surface area contributed by atoms with Crippen molar-refractivity contribution >= 4 is 17.0 Å². The van der Waals surface area contributed by atoms with Crippen molar-refractivity contribution in [2.24, 2.45) is 0 Å². The molecule has 13 heteroatoms. The molecule has 11 nitrogen and oxygen atoms in total. The topological polar surface area (TPSA) is 145 Å². The second-order valence-electron chi connectivity index (χ2n) is 9.86. The third-order valence-corrected chi connectivity index (χ3v) is 7.08. The number of pyridine rings is 1. The number of nitriles is 1. The van der Waals surface area contributed by atoms with Gasteiger partial charge in [0.15, 0.2) is 5.82 Å². The van der Waals surface area contributed by atoms with Crippen LogP contribution in [-0.2, 0) is 24.4 Å². The molecule has 1 N–H and O–H groups in total. The first-order valence-corrected chi connectivity index (χ1v) is 13.2. The Labute approximate surface area is 242 Å². The van der Waals surface area contributed by atoms with E-state index in [2.05, 4.69) is 15.0 Å². The van der Waals surface area contributed by atoms with Crippen LogP contribution in [0.2, 0.25) is 0 Å². The number of hydrogen-bond donors (Lipinski definition) is 1. The molecule has 3 aromatic heterocycles. The molecule has 0 aliphatic carbocycles. The van der Waals surface area contributed by atoms with Gasteiger partial charge < -0.3 is 23.7 Å². The molecular formula is C30H22F2N6O5. The number of carboxylic acid groups (broad SMARTS) is 1. The molecule has 1 saturated heterocycles. The first-order valence-electron chi connectivity index (χ1n) is 13.2. The van der Waals surface area contributed by atoms with Crippen molar-refractivity contribution in [2.45, 2.75) is 32.2 Å². The fourth-order valence-corrected chi connectivity index (χ4v) is 4.66. The summed E-state index contributed by atoms with van der Waals surface area (Å²) in [5, 5.41) is 18.3. The number of hydrogen-bond acceptors (Lipinski definition) is 8. The largest absolute Gasteiger partial charge is 0.478 e. The van der Waals surface area contributed by atoms with Gasteiger partial charge in [-0.25, -0.2) is 19.2 Å². The van der Waals surface area contributed by atoms with Gasteiger partial charge in [0.25, 0.3) is 11.4 Å². The second-order valence-corrected chi connectivity index (χ2v) is 9.86. The maximum Gasteiger partial charge on any atom is 0.335 e. The third-order valence-electron chi connectivity index (χ3n) is 7.08. The van der Waals surface area contributed by atoms with Crippen LogP contribution in [0.3, 0.4) is 0 Å². The molecule has 0 spiro atoms. The molecule has 216 valence electrons. The summed E-state index contributed by atoms with van der Waals surface area (Å²) in [7, 11) is 0. The van der Waals surface area contributed by atoms with Crippen LogP contribution in [0.25, 0.3) is 22.4 Å². The maximum atomic E-state index is 14.4. The van der Waals surface area contributed by atoms with Gasteiger partial charge in [0, 0.05) is 30.0 Å². The lowest BCUT2D eigenvalue weighted by molar-refractivity contribution is -0.0590. The van der Waals surface area contributed by atoms with Crippen molar-refractivity contribution in [3.63, 3.8) is 0 Å². The quantitative estimate of drug-likeness (QED) is 0.272. The first-order chi connectivity index (χ1) is 20.8. The summed E-state index contributed by atoms with van der Waals surface area (Å²) in [4.78, 5) is 37.4. The van der Waals surface area contributed by atoms with Gasteiger partial charge in [0.1, 0.15) is 18.2 Å². The molecule has 6 rings (SSSR count). The number of halogens is 2. The normalized spacial score (nSPS) is 14.3. The molecule has 0 radical (unpaired) electrons. The van der Waals surface area contributed by atoms with Crippen molar-refractivity contribution in [2.75, 3.05) is 6.61 Å². The van der Waals surface area contributed by atoms with Gasteiger partial charge in [-0.1, -0.05) is 6.07 Å². The molecule has 0 amide bonds. The molecule has 0 bridgehead atoms. The second kappa shape index (κ2) is 11.4. The maximum absolute atomic E-state index is 14.4. The van der Waals surface area contributed by atoms with Gasteiger partial charge in [0.05, 0.1) is 53.6 Å². The Morgan fingerprint density at radius 2 is 1.98 bits per heavy atom. The zero-order valence-corrected chi connectivity index (χ0v) is 22.4. The molecule has 0 saturated carbocycles. The molecule has 1 aliphatic rings. The van der Waals surface area contributed by atoms with E-state index < -0.39 is 29.0 Å². The number of carbonyl (C=O) groups is 1. The number of fused-ring (bicyclic) bond motifs is 1. The summed E-state index contributed by atoms with van der Waals surface area (Å²) in [6.45, 7) is 0.865. The number of nitrogens with zero attached hydrogens (tertiary/aromatic N) is 6. The van der Waals surface area contributed by atoms with Crippen LogP contribution < -0.4 is 10.3 Å². The minimum Gasteiger partial charge on any atom is -0.478 e. The van der Waals surface area contributed by atoms with Crippen molar-refractivity contribution < 1.29 is 28.2 Å². The molecule has 0 unspecified atom stereocenters. The van der Waals surface area contributed by atoms with Gasteiger partial charge >= 0.3 is 5.97 Å². The van der Waals surface area contributed by atoms with E-state index >= 15 is 0 Å². The van der Waals surface area contributed by atoms with E-state index in [0.717, 1.165) is 18.7 Å². The van der Waals surface area contributed by atoms with Crippen molar-refractivity contribution in [3.05, 3.63) is 105 Å². The predicted octanol–water partition coefficient (Wildman–Crippen LogP) is 3.92. The van der Waals surface area contributed by atoms with Crippen LogP contribution in [0.15, 0.2) is 65.7 Å². The van der Waals surface area contributed by atoms with Crippen LogP contribution >= 0.6 is 0 Å². The molecule has 5 aromatic rings. The Hall–Kier alpha value is -5.48. The average molecular weight is 585 g/mol. The van der Waals surface area contributed by atoms with E-state index in [1.54, 1.807) is 18.2 Å². The van der Waals surface area contributed by atoms with Gasteiger partial charge in [0.2, 0.25) is 5.82 Å². The molecule has 1 atom stereocenters. The fraction of sp³-hybridized carbons (Fsp3) is 0.200. The minimum absolute atomic E-state index is 0.0246. The number of rotatable bonds is 9. The molecule has 2 aromatic carbocycles. The van der Waals surface area contributed by atoms with E-state index in [9.17, 15) is 23.5 Å². The highest BCUT2D eigenvalue weighted by atomic mass is 19.1.